The number of aromatic nitrogens is 4. The second-order valence-electron chi connectivity index (χ2n) is 6.47. The van der Waals surface area contributed by atoms with Crippen LogP contribution in [-0.2, 0) is 0 Å². The van der Waals surface area contributed by atoms with E-state index in [1.54, 1.807) is 6.20 Å². The van der Waals surface area contributed by atoms with Crippen LogP contribution in [0, 0.1) is 0 Å². The quantitative estimate of drug-likeness (QED) is 0.559. The van der Waals surface area contributed by atoms with Crippen molar-refractivity contribution in [3.63, 3.8) is 0 Å². The van der Waals surface area contributed by atoms with Crippen LogP contribution < -0.4 is 11.2 Å². The zero-order valence-corrected chi connectivity index (χ0v) is 13.2. The topological polar surface area (TPSA) is 72.0 Å². The van der Waals surface area contributed by atoms with Crippen molar-refractivity contribution < 1.29 is 0 Å². The predicted molar refractivity (Wildman–Crippen MR) is 96.7 cm³/mol. The van der Waals surface area contributed by atoms with Gasteiger partial charge in [0.25, 0.3) is 0 Å². The molecule has 0 atom stereocenters. The van der Waals surface area contributed by atoms with Crippen LogP contribution in [0.2, 0.25) is 0 Å². The van der Waals surface area contributed by atoms with Crippen LogP contribution in [-0.4, -0.2) is 27.2 Å². The lowest BCUT2D eigenvalue weighted by atomic mass is 9.85. The van der Waals surface area contributed by atoms with Gasteiger partial charge in [0.1, 0.15) is 30.7 Å². The van der Waals surface area contributed by atoms with Gasteiger partial charge in [-0.1, -0.05) is 24.0 Å². The summed E-state index contributed by atoms with van der Waals surface area (Å²) in [6.07, 6.45) is 7.31. The number of nitrogens with two attached hydrogens (primary N) is 1. The third-order valence-electron chi connectivity index (χ3n) is 5.03. The minimum atomic E-state index is 0.497. The van der Waals surface area contributed by atoms with E-state index in [-0.39, 0.29) is 0 Å². The fourth-order valence-electron chi connectivity index (χ4n) is 3.54. The van der Waals surface area contributed by atoms with Crippen molar-refractivity contribution in [1.82, 2.24) is 19.4 Å². The van der Waals surface area contributed by atoms with Crippen molar-refractivity contribution >= 4 is 35.5 Å². The number of nitrogens with one attached hydrogen (secondary N) is 1. The molecule has 116 valence electrons. The van der Waals surface area contributed by atoms with Crippen LogP contribution in [0.15, 0.2) is 36.7 Å². The fourth-order valence-corrected chi connectivity index (χ4v) is 3.54. The van der Waals surface area contributed by atoms with Gasteiger partial charge >= 0.3 is 0 Å². The van der Waals surface area contributed by atoms with E-state index in [4.69, 9.17) is 18.6 Å². The second kappa shape index (κ2) is 4.87. The van der Waals surface area contributed by atoms with Gasteiger partial charge < -0.3 is 10.7 Å². The van der Waals surface area contributed by atoms with Crippen LogP contribution in [0.25, 0.3) is 27.8 Å². The molecule has 24 heavy (non-hydrogen) atoms. The first kappa shape index (κ1) is 13.7. The van der Waals surface area contributed by atoms with Crippen LogP contribution in [0.1, 0.15) is 31.0 Å². The highest BCUT2D eigenvalue weighted by Gasteiger charge is 2.27. The smallest absolute Gasteiger partial charge is 0.150 e. The zero-order valence-electron chi connectivity index (χ0n) is 13.2. The van der Waals surface area contributed by atoms with E-state index in [0.29, 0.717) is 11.7 Å². The number of aromatic amines is 1. The monoisotopic (exact) mass is 313 g/mol. The van der Waals surface area contributed by atoms with E-state index in [1.807, 2.05) is 30.5 Å². The Morgan fingerprint density at radius 1 is 1.29 bits per heavy atom. The van der Waals surface area contributed by atoms with Crippen molar-refractivity contribution in [2.45, 2.75) is 25.2 Å². The van der Waals surface area contributed by atoms with Crippen molar-refractivity contribution in [2.24, 2.45) is 0 Å². The van der Waals surface area contributed by atoms with Gasteiger partial charge in [0.15, 0.2) is 0 Å². The van der Waals surface area contributed by atoms with Gasteiger partial charge in [0, 0.05) is 23.8 Å². The number of benzene rings is 1. The van der Waals surface area contributed by atoms with Crippen LogP contribution in [0.3, 0.4) is 0 Å². The maximum atomic E-state index is 6.18. The summed E-state index contributed by atoms with van der Waals surface area (Å²) in [5.41, 5.74) is 10.6. The van der Waals surface area contributed by atoms with Crippen LogP contribution in [0.4, 0.5) is 5.82 Å². The molecule has 5 nitrogen and oxygen atoms in total. The van der Waals surface area contributed by atoms with Gasteiger partial charge in [-0.05, 0) is 30.4 Å². The Hall–Kier alpha value is -2.76. The number of hydrogen-bond donors (Lipinski definition) is 2. The summed E-state index contributed by atoms with van der Waals surface area (Å²) in [4.78, 5) is 12.6. The van der Waals surface area contributed by atoms with E-state index >= 15 is 0 Å². The molecule has 0 bridgehead atoms. The number of hydrogen-bond acceptors (Lipinski definition) is 3. The number of anilines is 1. The van der Waals surface area contributed by atoms with Gasteiger partial charge in [-0.2, -0.15) is 0 Å². The number of H-pyrrole nitrogens is 1. The van der Waals surface area contributed by atoms with Gasteiger partial charge in [0.05, 0.1) is 5.69 Å². The normalized spacial score (nSPS) is 15.2. The summed E-state index contributed by atoms with van der Waals surface area (Å²) in [6.45, 7) is 0. The predicted octanol–water partition coefficient (Wildman–Crippen LogP) is 2.52. The number of fused-ring (bicyclic) bond motifs is 2. The number of imidazole rings is 1. The molecule has 0 spiro atoms. The van der Waals surface area contributed by atoms with E-state index in [0.717, 1.165) is 39.1 Å². The molecule has 1 aliphatic carbocycles. The highest BCUT2D eigenvalue weighted by molar-refractivity contribution is 6.38. The van der Waals surface area contributed by atoms with Crippen LogP contribution in [0.5, 0.6) is 0 Å². The van der Waals surface area contributed by atoms with E-state index in [9.17, 15) is 0 Å². The summed E-state index contributed by atoms with van der Waals surface area (Å²) in [7, 11) is 6.09. The Morgan fingerprint density at radius 2 is 2.17 bits per heavy atom. The molecule has 0 amide bonds. The third-order valence-corrected chi connectivity index (χ3v) is 5.03. The lowest BCUT2D eigenvalue weighted by Crippen LogP contribution is -2.12. The molecule has 1 fully saturated rings. The molecule has 0 aliphatic heterocycles. The molecule has 3 aromatic heterocycles. The molecular weight excluding hydrogens is 297 g/mol. The standard InChI is InChI=1S/C18H16BN5/c19-12-5-2-6-13-11(12)9-14(22-13)15-16-17(20)21-7-8-24(16)18(23-15)10-3-1-4-10/h2,5-10,22H,1,3-4H2,(H2,20,21). The van der Waals surface area contributed by atoms with E-state index < -0.39 is 0 Å². The molecule has 2 radical (unpaired) electrons. The zero-order chi connectivity index (χ0) is 16.3. The largest absolute Gasteiger partial charge is 0.382 e. The number of nitrogens with zero attached hydrogens (tertiary/aromatic N) is 3. The first-order chi connectivity index (χ1) is 11.7. The molecule has 3 N–H and O–H groups in total. The third kappa shape index (κ3) is 1.83. The van der Waals surface area contributed by atoms with Crippen molar-refractivity contribution in [2.75, 3.05) is 5.73 Å². The Balaban J connectivity index is 1.80. The minimum Gasteiger partial charge on any atom is -0.382 e. The lowest BCUT2D eigenvalue weighted by molar-refractivity contribution is 0.400. The first-order valence-corrected chi connectivity index (χ1v) is 8.22. The summed E-state index contributed by atoms with van der Waals surface area (Å²) < 4.78 is 2.09. The van der Waals surface area contributed by atoms with Crippen LogP contribution >= 0.6 is 0 Å². The Morgan fingerprint density at radius 3 is 2.92 bits per heavy atom. The first-order valence-electron chi connectivity index (χ1n) is 8.22. The number of nitrogen functional groups attached to an aromatic ring is 1. The average Bonchev–Trinajstić information content (AvgIpc) is 3.09. The molecule has 1 aliphatic rings. The summed E-state index contributed by atoms with van der Waals surface area (Å²) >= 11 is 0. The van der Waals surface area contributed by atoms with Gasteiger partial charge in [-0.3, -0.25) is 4.40 Å². The fraction of sp³-hybridized carbons (Fsp3) is 0.222. The van der Waals surface area contributed by atoms with Gasteiger partial charge in [0.2, 0.25) is 0 Å². The van der Waals surface area contributed by atoms with Gasteiger partial charge in [-0.25, -0.2) is 9.97 Å². The molecule has 1 saturated carbocycles. The Kier molecular flexibility index (Phi) is 2.77. The molecule has 4 aromatic rings. The molecule has 5 rings (SSSR count). The molecule has 1 aromatic carbocycles. The maximum absolute atomic E-state index is 6.18. The van der Waals surface area contributed by atoms with Crippen molar-refractivity contribution in [3.8, 4) is 11.4 Å². The average molecular weight is 313 g/mol. The van der Waals surface area contributed by atoms with E-state index in [1.165, 1.54) is 19.3 Å². The van der Waals surface area contributed by atoms with Crippen molar-refractivity contribution in [3.05, 3.63) is 42.5 Å². The highest BCUT2D eigenvalue weighted by Crippen LogP contribution is 2.39. The minimum absolute atomic E-state index is 0.497. The summed E-state index contributed by atoms with van der Waals surface area (Å²) in [6, 6.07) is 7.91. The highest BCUT2D eigenvalue weighted by atomic mass is 15.1. The SMILES string of the molecule is [B]c1cccc2[nH]c(-c3nc(C4CCC4)n4ccnc(N)c34)cc12. The molecule has 0 unspecified atom stereocenters. The van der Waals surface area contributed by atoms with Gasteiger partial charge in [-0.15, -0.1) is 0 Å². The van der Waals surface area contributed by atoms with Crippen molar-refractivity contribution in [1.29, 1.82) is 0 Å². The molecule has 3 heterocycles. The summed E-state index contributed by atoms with van der Waals surface area (Å²) in [5.74, 6) is 2.08. The molecular formula is C18H16BN5. The lowest BCUT2D eigenvalue weighted by Gasteiger charge is -2.23. The molecule has 0 saturated heterocycles. The Bertz CT molecular complexity index is 1070. The molecule has 6 heteroatoms. The second-order valence-corrected chi connectivity index (χ2v) is 6.47. The van der Waals surface area contributed by atoms with E-state index in [2.05, 4.69) is 14.4 Å². The summed E-state index contributed by atoms with van der Waals surface area (Å²) in [5, 5.41) is 1.00. The maximum Gasteiger partial charge on any atom is 0.150 e. The Labute approximate surface area is 140 Å². The number of rotatable bonds is 2.